The van der Waals surface area contributed by atoms with E-state index in [0.717, 1.165) is 0 Å². The van der Waals surface area contributed by atoms with E-state index in [9.17, 15) is 4.79 Å². The van der Waals surface area contributed by atoms with Gasteiger partial charge in [-0.05, 0) is 30.3 Å². The average molecular weight is 263 g/mol. The zero-order chi connectivity index (χ0) is 13.0. The van der Waals surface area contributed by atoms with Gasteiger partial charge in [0.1, 0.15) is 5.82 Å². The summed E-state index contributed by atoms with van der Waals surface area (Å²) in [6.07, 6.45) is 0. The minimum atomic E-state index is -0.326. The van der Waals surface area contributed by atoms with Crippen LogP contribution in [0.15, 0.2) is 36.4 Å². The predicted molar refractivity (Wildman–Crippen MR) is 71.0 cm³/mol. The lowest BCUT2D eigenvalue weighted by Crippen LogP contribution is -2.14. The molecule has 0 bridgehead atoms. The van der Waals surface area contributed by atoms with E-state index >= 15 is 0 Å². The Morgan fingerprint density at radius 2 is 2.06 bits per heavy atom. The van der Waals surface area contributed by atoms with E-state index in [0.29, 0.717) is 16.5 Å². The number of halogens is 1. The van der Waals surface area contributed by atoms with E-state index in [2.05, 4.69) is 20.8 Å². The predicted octanol–water partition coefficient (Wildman–Crippen LogP) is 2.42. The molecular formula is C12H11ClN4O. The number of benzene rings is 1. The van der Waals surface area contributed by atoms with E-state index < -0.39 is 0 Å². The molecule has 2 N–H and O–H groups in total. The van der Waals surface area contributed by atoms with Gasteiger partial charge in [0.05, 0.1) is 0 Å². The highest BCUT2D eigenvalue weighted by Gasteiger charge is 2.08. The number of nitrogens with one attached hydrogen (secondary N) is 2. The van der Waals surface area contributed by atoms with E-state index in [1.54, 1.807) is 43.4 Å². The Kier molecular flexibility index (Phi) is 3.74. The first-order chi connectivity index (χ1) is 8.69. The third-order valence-corrected chi connectivity index (χ3v) is 2.47. The van der Waals surface area contributed by atoms with Crippen LogP contribution in [0.1, 0.15) is 10.5 Å². The normalized spacial score (nSPS) is 9.89. The fourth-order valence-electron chi connectivity index (χ4n) is 1.35. The fourth-order valence-corrected chi connectivity index (χ4v) is 1.54. The summed E-state index contributed by atoms with van der Waals surface area (Å²) in [4.78, 5) is 11.8. The lowest BCUT2D eigenvalue weighted by atomic mass is 10.3. The Bertz CT molecular complexity index is 556. The molecule has 0 aliphatic rings. The molecular weight excluding hydrogens is 252 g/mol. The molecule has 0 atom stereocenters. The maximum atomic E-state index is 11.8. The Hall–Kier alpha value is -2.14. The van der Waals surface area contributed by atoms with Crippen molar-refractivity contribution in [2.24, 2.45) is 0 Å². The molecule has 1 aromatic carbocycles. The summed E-state index contributed by atoms with van der Waals surface area (Å²) in [5.74, 6) is 0.279. The summed E-state index contributed by atoms with van der Waals surface area (Å²) in [6, 6.07) is 10.2. The first-order valence-electron chi connectivity index (χ1n) is 5.27. The van der Waals surface area contributed by atoms with E-state index in [1.807, 2.05) is 0 Å². The smallest absolute Gasteiger partial charge is 0.276 e. The van der Waals surface area contributed by atoms with Crippen molar-refractivity contribution in [1.82, 2.24) is 10.2 Å². The second-order valence-electron chi connectivity index (χ2n) is 3.52. The summed E-state index contributed by atoms with van der Waals surface area (Å²) >= 11 is 5.83. The van der Waals surface area contributed by atoms with Gasteiger partial charge in [0, 0.05) is 17.8 Å². The summed E-state index contributed by atoms with van der Waals surface area (Å²) in [6.45, 7) is 0. The zero-order valence-electron chi connectivity index (χ0n) is 9.64. The molecule has 0 radical (unpaired) electrons. The summed E-state index contributed by atoms with van der Waals surface area (Å²) in [5, 5.41) is 13.7. The molecule has 0 spiro atoms. The molecule has 92 valence electrons. The number of carbonyl (C=O) groups is 1. The van der Waals surface area contributed by atoms with Gasteiger partial charge in [0.15, 0.2) is 5.69 Å². The molecule has 5 nitrogen and oxygen atoms in total. The summed E-state index contributed by atoms with van der Waals surface area (Å²) < 4.78 is 0. The SMILES string of the molecule is CNc1ccc(C(=O)Nc2cccc(Cl)c2)nn1. The van der Waals surface area contributed by atoms with Gasteiger partial charge in [-0.1, -0.05) is 17.7 Å². The van der Waals surface area contributed by atoms with Gasteiger partial charge < -0.3 is 10.6 Å². The highest BCUT2D eigenvalue weighted by molar-refractivity contribution is 6.30. The van der Waals surface area contributed by atoms with Crippen LogP contribution in [-0.4, -0.2) is 23.2 Å². The monoisotopic (exact) mass is 262 g/mol. The highest BCUT2D eigenvalue weighted by Crippen LogP contribution is 2.15. The van der Waals surface area contributed by atoms with Crippen LogP contribution in [0.25, 0.3) is 0 Å². The van der Waals surface area contributed by atoms with Crippen molar-refractivity contribution in [2.75, 3.05) is 17.7 Å². The maximum Gasteiger partial charge on any atom is 0.276 e. The van der Waals surface area contributed by atoms with Gasteiger partial charge in [-0.15, -0.1) is 10.2 Å². The highest BCUT2D eigenvalue weighted by atomic mass is 35.5. The molecule has 1 heterocycles. The van der Waals surface area contributed by atoms with Crippen molar-refractivity contribution >= 4 is 29.0 Å². The number of hydrogen-bond donors (Lipinski definition) is 2. The number of anilines is 2. The molecule has 1 amide bonds. The molecule has 1 aromatic heterocycles. The minimum absolute atomic E-state index is 0.244. The van der Waals surface area contributed by atoms with Crippen LogP contribution < -0.4 is 10.6 Å². The molecule has 0 fully saturated rings. The van der Waals surface area contributed by atoms with Crippen molar-refractivity contribution in [2.45, 2.75) is 0 Å². The molecule has 0 aliphatic carbocycles. The van der Waals surface area contributed by atoms with Crippen LogP contribution in [0.2, 0.25) is 5.02 Å². The molecule has 18 heavy (non-hydrogen) atoms. The fraction of sp³-hybridized carbons (Fsp3) is 0.0833. The number of hydrogen-bond acceptors (Lipinski definition) is 4. The molecule has 0 saturated carbocycles. The van der Waals surface area contributed by atoms with Crippen LogP contribution in [0.3, 0.4) is 0 Å². The van der Waals surface area contributed by atoms with Gasteiger partial charge in [0.25, 0.3) is 5.91 Å². The number of carbonyl (C=O) groups excluding carboxylic acids is 1. The van der Waals surface area contributed by atoms with Crippen molar-refractivity contribution in [1.29, 1.82) is 0 Å². The molecule has 0 saturated heterocycles. The van der Waals surface area contributed by atoms with Crippen LogP contribution in [-0.2, 0) is 0 Å². The third-order valence-electron chi connectivity index (χ3n) is 2.24. The average Bonchev–Trinajstić information content (AvgIpc) is 2.39. The quantitative estimate of drug-likeness (QED) is 0.892. The lowest BCUT2D eigenvalue weighted by Gasteiger charge is -2.05. The Morgan fingerprint density at radius 3 is 2.67 bits per heavy atom. The first kappa shape index (κ1) is 12.3. The van der Waals surface area contributed by atoms with Gasteiger partial charge in [-0.25, -0.2) is 0 Å². The van der Waals surface area contributed by atoms with Crippen molar-refractivity contribution in [3.63, 3.8) is 0 Å². The maximum absolute atomic E-state index is 11.8. The van der Waals surface area contributed by atoms with E-state index in [-0.39, 0.29) is 11.6 Å². The van der Waals surface area contributed by atoms with Crippen molar-refractivity contribution < 1.29 is 4.79 Å². The molecule has 6 heteroatoms. The largest absolute Gasteiger partial charge is 0.372 e. The second kappa shape index (κ2) is 5.46. The minimum Gasteiger partial charge on any atom is -0.372 e. The van der Waals surface area contributed by atoms with E-state index in [1.165, 1.54) is 0 Å². The molecule has 0 unspecified atom stereocenters. The van der Waals surface area contributed by atoms with E-state index in [4.69, 9.17) is 11.6 Å². The number of aromatic nitrogens is 2. The topological polar surface area (TPSA) is 66.9 Å². The van der Waals surface area contributed by atoms with Crippen LogP contribution >= 0.6 is 11.6 Å². The second-order valence-corrected chi connectivity index (χ2v) is 3.95. The van der Waals surface area contributed by atoms with Crippen LogP contribution in [0.5, 0.6) is 0 Å². The molecule has 2 rings (SSSR count). The standard InChI is InChI=1S/C12H11ClN4O/c1-14-11-6-5-10(16-17-11)12(18)15-9-4-2-3-8(13)7-9/h2-7H,1H3,(H,14,17)(H,15,18). The third kappa shape index (κ3) is 2.95. The number of nitrogens with zero attached hydrogens (tertiary/aromatic N) is 2. The van der Waals surface area contributed by atoms with Crippen LogP contribution in [0, 0.1) is 0 Å². The molecule has 0 aliphatic heterocycles. The summed E-state index contributed by atoms with van der Waals surface area (Å²) in [7, 11) is 1.73. The van der Waals surface area contributed by atoms with Gasteiger partial charge >= 0.3 is 0 Å². The number of rotatable bonds is 3. The Labute approximate surface area is 109 Å². The van der Waals surface area contributed by atoms with Gasteiger partial charge in [0.2, 0.25) is 0 Å². The Morgan fingerprint density at radius 1 is 1.22 bits per heavy atom. The van der Waals surface area contributed by atoms with Crippen molar-refractivity contribution in [3.05, 3.63) is 47.1 Å². The Balaban J connectivity index is 2.11. The zero-order valence-corrected chi connectivity index (χ0v) is 10.4. The van der Waals surface area contributed by atoms with Crippen LogP contribution in [0.4, 0.5) is 11.5 Å². The van der Waals surface area contributed by atoms with Gasteiger partial charge in [-0.2, -0.15) is 0 Å². The number of amides is 1. The lowest BCUT2D eigenvalue weighted by molar-refractivity contribution is 0.102. The first-order valence-corrected chi connectivity index (χ1v) is 5.65. The van der Waals surface area contributed by atoms with Gasteiger partial charge in [-0.3, -0.25) is 4.79 Å². The summed E-state index contributed by atoms with van der Waals surface area (Å²) in [5.41, 5.74) is 0.862. The molecule has 2 aromatic rings. The van der Waals surface area contributed by atoms with Crippen molar-refractivity contribution in [3.8, 4) is 0 Å².